The highest BCUT2D eigenvalue weighted by molar-refractivity contribution is 5.18. The molecule has 1 spiro atoms. The summed E-state index contributed by atoms with van der Waals surface area (Å²) in [7, 11) is 0. The minimum absolute atomic E-state index is 0.699. The minimum Gasteiger partial charge on any atom is -0.316 e. The molecule has 17 heavy (non-hydrogen) atoms. The Hall–Kier alpha value is -0.830. The van der Waals surface area contributed by atoms with Crippen molar-refractivity contribution in [2.24, 2.45) is 11.3 Å². The molecule has 1 aromatic rings. The van der Waals surface area contributed by atoms with Crippen LogP contribution in [0.15, 0.2) is 6.07 Å². The largest absolute Gasteiger partial charge is 0.316 e. The van der Waals surface area contributed by atoms with Gasteiger partial charge in [0.25, 0.3) is 0 Å². The fourth-order valence-corrected chi connectivity index (χ4v) is 3.60. The third-order valence-electron chi connectivity index (χ3n) is 4.87. The first-order valence-electron chi connectivity index (χ1n) is 6.99. The van der Waals surface area contributed by atoms with Crippen LogP contribution in [0.25, 0.3) is 0 Å². The molecule has 0 aromatic carbocycles. The highest BCUT2D eigenvalue weighted by atomic mass is 15.3. The molecule has 3 fully saturated rings. The first kappa shape index (κ1) is 10.1. The van der Waals surface area contributed by atoms with Crippen LogP contribution in [0.2, 0.25) is 0 Å². The molecule has 0 unspecified atom stereocenters. The van der Waals surface area contributed by atoms with Crippen molar-refractivity contribution in [3.05, 3.63) is 17.5 Å². The van der Waals surface area contributed by atoms with Crippen LogP contribution in [-0.2, 0) is 6.54 Å². The number of hydrogen-bond donors (Lipinski definition) is 1. The summed E-state index contributed by atoms with van der Waals surface area (Å²) in [6, 6.07) is 2.30. The second-order valence-electron chi connectivity index (χ2n) is 6.54. The predicted octanol–water partition coefficient (Wildman–Crippen LogP) is 2.07. The van der Waals surface area contributed by atoms with Gasteiger partial charge in [0, 0.05) is 31.2 Å². The molecule has 1 saturated heterocycles. The molecule has 0 radical (unpaired) electrons. The van der Waals surface area contributed by atoms with Gasteiger partial charge in [0.05, 0.1) is 5.69 Å². The number of aryl methyl sites for hydroxylation is 1. The van der Waals surface area contributed by atoms with E-state index in [0.717, 1.165) is 18.4 Å². The Morgan fingerprint density at radius 1 is 1.41 bits per heavy atom. The second kappa shape index (κ2) is 3.35. The molecule has 0 bridgehead atoms. The molecule has 92 valence electrons. The van der Waals surface area contributed by atoms with Gasteiger partial charge < -0.3 is 5.32 Å². The molecule has 3 heteroatoms. The van der Waals surface area contributed by atoms with Gasteiger partial charge in [-0.15, -0.1) is 0 Å². The molecule has 1 aromatic heterocycles. The van der Waals surface area contributed by atoms with Crippen LogP contribution < -0.4 is 5.32 Å². The van der Waals surface area contributed by atoms with E-state index in [2.05, 4.69) is 23.0 Å². The number of hydrogen-bond acceptors (Lipinski definition) is 2. The van der Waals surface area contributed by atoms with Gasteiger partial charge >= 0.3 is 0 Å². The molecule has 3 aliphatic rings. The zero-order chi connectivity index (χ0) is 11.5. The molecule has 3 nitrogen and oxygen atoms in total. The molecular weight excluding hydrogens is 210 g/mol. The quantitative estimate of drug-likeness (QED) is 0.863. The van der Waals surface area contributed by atoms with Crippen molar-refractivity contribution in [3.63, 3.8) is 0 Å². The van der Waals surface area contributed by atoms with Crippen LogP contribution in [-0.4, -0.2) is 22.9 Å². The van der Waals surface area contributed by atoms with Gasteiger partial charge in [-0.2, -0.15) is 5.10 Å². The first-order chi connectivity index (χ1) is 8.24. The van der Waals surface area contributed by atoms with Crippen molar-refractivity contribution >= 4 is 0 Å². The highest BCUT2D eigenvalue weighted by Gasteiger charge is 2.48. The van der Waals surface area contributed by atoms with Gasteiger partial charge in [0.1, 0.15) is 0 Å². The summed E-state index contributed by atoms with van der Waals surface area (Å²) < 4.78 is 2.26. The smallest absolute Gasteiger partial charge is 0.0658 e. The van der Waals surface area contributed by atoms with Crippen molar-refractivity contribution in [2.45, 2.75) is 45.1 Å². The number of nitrogens with one attached hydrogen (secondary N) is 1. The van der Waals surface area contributed by atoms with Gasteiger partial charge in [-0.05, 0) is 50.0 Å². The molecule has 1 aliphatic heterocycles. The Balaban J connectivity index is 1.41. The summed E-state index contributed by atoms with van der Waals surface area (Å²) in [6.45, 7) is 5.88. The monoisotopic (exact) mass is 231 g/mol. The fraction of sp³-hybridized carbons (Fsp3) is 0.786. The average molecular weight is 231 g/mol. The van der Waals surface area contributed by atoms with Crippen LogP contribution in [0, 0.1) is 18.3 Å². The third kappa shape index (κ3) is 1.63. The van der Waals surface area contributed by atoms with Crippen molar-refractivity contribution < 1.29 is 0 Å². The van der Waals surface area contributed by atoms with E-state index in [1.165, 1.54) is 50.2 Å². The lowest BCUT2D eigenvalue weighted by molar-refractivity contribution is -0.00890. The third-order valence-corrected chi connectivity index (χ3v) is 4.87. The predicted molar refractivity (Wildman–Crippen MR) is 67.0 cm³/mol. The highest BCUT2D eigenvalue weighted by Crippen LogP contribution is 2.49. The Labute approximate surface area is 103 Å². The van der Waals surface area contributed by atoms with Gasteiger partial charge in [-0.1, -0.05) is 0 Å². The lowest BCUT2D eigenvalue weighted by atomic mass is 9.58. The van der Waals surface area contributed by atoms with E-state index < -0.39 is 0 Å². The summed E-state index contributed by atoms with van der Waals surface area (Å²) in [6.07, 6.45) is 5.54. The lowest BCUT2D eigenvalue weighted by Crippen LogP contribution is -2.60. The van der Waals surface area contributed by atoms with Gasteiger partial charge in [0.2, 0.25) is 0 Å². The minimum atomic E-state index is 0.699. The second-order valence-corrected chi connectivity index (χ2v) is 6.54. The number of aromatic nitrogens is 2. The Kier molecular flexibility index (Phi) is 1.99. The molecule has 4 rings (SSSR count). The molecular formula is C14H21N3. The molecule has 0 atom stereocenters. The van der Waals surface area contributed by atoms with Crippen molar-refractivity contribution in [3.8, 4) is 0 Å². The Morgan fingerprint density at radius 2 is 2.18 bits per heavy atom. The van der Waals surface area contributed by atoms with Crippen molar-refractivity contribution in [2.75, 3.05) is 13.1 Å². The maximum absolute atomic E-state index is 4.79. The zero-order valence-corrected chi connectivity index (χ0v) is 10.6. The summed E-state index contributed by atoms with van der Waals surface area (Å²) in [5.41, 5.74) is 3.41. The molecule has 2 aliphatic carbocycles. The molecule has 2 heterocycles. The summed E-state index contributed by atoms with van der Waals surface area (Å²) in [5.74, 6) is 1.67. The normalized spacial score (nSPS) is 26.9. The topological polar surface area (TPSA) is 29.9 Å². The maximum Gasteiger partial charge on any atom is 0.0658 e. The van der Waals surface area contributed by atoms with E-state index in [0.29, 0.717) is 5.41 Å². The SMILES string of the molecule is Cc1cc(C2CC2)nn1CC1CC2(CNC2)C1. The van der Waals surface area contributed by atoms with E-state index in [1.54, 1.807) is 0 Å². The lowest BCUT2D eigenvalue weighted by Gasteiger charge is -2.54. The van der Waals surface area contributed by atoms with E-state index in [1.807, 2.05) is 0 Å². The van der Waals surface area contributed by atoms with Crippen molar-refractivity contribution in [1.29, 1.82) is 0 Å². The fourth-order valence-electron chi connectivity index (χ4n) is 3.60. The van der Waals surface area contributed by atoms with Gasteiger partial charge in [0.15, 0.2) is 0 Å². The number of nitrogens with zero attached hydrogens (tertiary/aromatic N) is 2. The zero-order valence-electron chi connectivity index (χ0n) is 10.6. The van der Waals surface area contributed by atoms with E-state index in [9.17, 15) is 0 Å². The van der Waals surface area contributed by atoms with Crippen LogP contribution in [0.3, 0.4) is 0 Å². The Morgan fingerprint density at radius 3 is 2.76 bits per heavy atom. The average Bonchev–Trinajstić information content (AvgIpc) is 2.95. The van der Waals surface area contributed by atoms with Gasteiger partial charge in [-0.3, -0.25) is 4.68 Å². The summed E-state index contributed by atoms with van der Waals surface area (Å²) in [5, 5.41) is 8.19. The van der Waals surface area contributed by atoms with Crippen LogP contribution >= 0.6 is 0 Å². The van der Waals surface area contributed by atoms with Crippen LogP contribution in [0.4, 0.5) is 0 Å². The standard InChI is InChI=1S/C14H21N3/c1-10-4-13(12-2-3-12)16-17(10)7-11-5-14(6-11)8-15-9-14/h4,11-12,15H,2-3,5-9H2,1H3. The maximum atomic E-state index is 4.79. The summed E-state index contributed by atoms with van der Waals surface area (Å²) in [4.78, 5) is 0. The van der Waals surface area contributed by atoms with Crippen LogP contribution in [0.1, 0.15) is 43.0 Å². The van der Waals surface area contributed by atoms with E-state index >= 15 is 0 Å². The summed E-state index contributed by atoms with van der Waals surface area (Å²) >= 11 is 0. The van der Waals surface area contributed by atoms with Gasteiger partial charge in [-0.25, -0.2) is 0 Å². The first-order valence-corrected chi connectivity index (χ1v) is 6.99. The van der Waals surface area contributed by atoms with Crippen molar-refractivity contribution in [1.82, 2.24) is 15.1 Å². The number of rotatable bonds is 3. The molecule has 2 saturated carbocycles. The molecule has 0 amide bonds. The molecule has 1 N–H and O–H groups in total. The van der Waals surface area contributed by atoms with Crippen LogP contribution in [0.5, 0.6) is 0 Å². The van der Waals surface area contributed by atoms with E-state index in [4.69, 9.17) is 5.10 Å². The Bertz CT molecular complexity index is 432. The van der Waals surface area contributed by atoms with E-state index in [-0.39, 0.29) is 0 Å².